The molecule has 0 aliphatic heterocycles. The highest BCUT2D eigenvalue weighted by molar-refractivity contribution is 6.30. The molecule has 0 bridgehead atoms. The first-order chi connectivity index (χ1) is 8.24. The van der Waals surface area contributed by atoms with Crippen LogP contribution in [0, 0.1) is 0 Å². The molecule has 17 heavy (non-hydrogen) atoms. The minimum atomic E-state index is -0.259. The lowest BCUT2D eigenvalue weighted by Crippen LogP contribution is -2.07. The van der Waals surface area contributed by atoms with E-state index >= 15 is 0 Å². The maximum absolute atomic E-state index is 12.0. The standard InChI is InChI=1S/C14H9ClO2/c1-17-14-12-9-5-3-2-4-8(9)10(12)6-7-11(15)13(14)16/h2-7H,1H3. The van der Waals surface area contributed by atoms with Gasteiger partial charge in [0.2, 0.25) is 5.43 Å². The number of methoxy groups -OCH3 is 1. The molecule has 2 aromatic rings. The van der Waals surface area contributed by atoms with E-state index in [2.05, 4.69) is 0 Å². The number of halogens is 1. The van der Waals surface area contributed by atoms with Gasteiger partial charge in [0.1, 0.15) is 0 Å². The van der Waals surface area contributed by atoms with E-state index in [1.165, 1.54) is 7.11 Å². The molecule has 0 amide bonds. The Morgan fingerprint density at radius 1 is 1.00 bits per heavy atom. The van der Waals surface area contributed by atoms with Gasteiger partial charge in [-0.05, 0) is 22.8 Å². The highest BCUT2D eigenvalue weighted by atomic mass is 35.5. The van der Waals surface area contributed by atoms with Gasteiger partial charge < -0.3 is 4.74 Å². The molecule has 0 spiro atoms. The Morgan fingerprint density at radius 2 is 1.71 bits per heavy atom. The fraction of sp³-hybridized carbons (Fsp3) is 0.0714. The van der Waals surface area contributed by atoms with Gasteiger partial charge >= 0.3 is 0 Å². The van der Waals surface area contributed by atoms with Gasteiger partial charge in [0.05, 0.1) is 12.1 Å². The highest BCUT2D eigenvalue weighted by Crippen LogP contribution is 2.49. The molecule has 2 aromatic carbocycles. The lowest BCUT2D eigenvalue weighted by atomic mass is 9.82. The van der Waals surface area contributed by atoms with Gasteiger partial charge in [0, 0.05) is 5.56 Å². The summed E-state index contributed by atoms with van der Waals surface area (Å²) in [5, 5.41) is 0.183. The van der Waals surface area contributed by atoms with E-state index in [0.29, 0.717) is 5.75 Å². The summed E-state index contributed by atoms with van der Waals surface area (Å²) in [6.07, 6.45) is 0. The van der Waals surface area contributed by atoms with Crippen molar-refractivity contribution >= 4 is 11.6 Å². The summed E-state index contributed by atoms with van der Waals surface area (Å²) >= 11 is 5.90. The second-order valence-corrected chi connectivity index (χ2v) is 4.29. The molecule has 0 saturated carbocycles. The second kappa shape index (κ2) is 3.60. The molecule has 0 fully saturated rings. The maximum atomic E-state index is 12.0. The highest BCUT2D eigenvalue weighted by Gasteiger charge is 2.26. The third kappa shape index (κ3) is 1.31. The Balaban J connectivity index is 2.42. The minimum absolute atomic E-state index is 0.183. The van der Waals surface area contributed by atoms with Crippen molar-refractivity contribution in [2.24, 2.45) is 0 Å². The molecule has 0 unspecified atom stereocenters. The average molecular weight is 245 g/mol. The van der Waals surface area contributed by atoms with Crippen molar-refractivity contribution in [2.75, 3.05) is 7.11 Å². The van der Waals surface area contributed by atoms with Gasteiger partial charge in [-0.2, -0.15) is 0 Å². The number of fused-ring (bicyclic) bond motifs is 4. The van der Waals surface area contributed by atoms with E-state index in [1.54, 1.807) is 6.07 Å². The summed E-state index contributed by atoms with van der Waals surface area (Å²) in [6.45, 7) is 0. The van der Waals surface area contributed by atoms with Crippen molar-refractivity contribution in [3.63, 3.8) is 0 Å². The van der Waals surface area contributed by atoms with Crippen LogP contribution in [0.4, 0.5) is 0 Å². The van der Waals surface area contributed by atoms with Crippen LogP contribution in [0.15, 0.2) is 41.2 Å². The first-order valence-corrected chi connectivity index (χ1v) is 5.62. The van der Waals surface area contributed by atoms with E-state index in [-0.39, 0.29) is 10.5 Å². The molecular formula is C14H9ClO2. The average Bonchev–Trinajstić information content (AvgIpc) is 2.44. The van der Waals surface area contributed by atoms with Gasteiger partial charge in [0.25, 0.3) is 0 Å². The van der Waals surface area contributed by atoms with Gasteiger partial charge in [-0.25, -0.2) is 0 Å². The Hall–Kier alpha value is -1.80. The molecule has 0 aromatic heterocycles. The molecule has 3 rings (SSSR count). The third-order valence-electron chi connectivity index (χ3n) is 3.01. The molecule has 0 heterocycles. The molecule has 3 heteroatoms. The molecular weight excluding hydrogens is 236 g/mol. The molecule has 2 nitrogen and oxygen atoms in total. The molecule has 0 saturated heterocycles. The molecule has 0 atom stereocenters. The Morgan fingerprint density at radius 3 is 2.41 bits per heavy atom. The topological polar surface area (TPSA) is 26.3 Å². The number of hydrogen-bond acceptors (Lipinski definition) is 2. The maximum Gasteiger partial charge on any atom is 0.239 e. The summed E-state index contributed by atoms with van der Waals surface area (Å²) in [5.74, 6) is 0.327. The molecule has 84 valence electrons. The summed E-state index contributed by atoms with van der Waals surface area (Å²) in [6, 6.07) is 11.4. The van der Waals surface area contributed by atoms with Crippen molar-refractivity contribution in [3.8, 4) is 28.0 Å². The van der Waals surface area contributed by atoms with Crippen molar-refractivity contribution in [3.05, 3.63) is 51.6 Å². The fourth-order valence-corrected chi connectivity index (χ4v) is 2.37. The van der Waals surface area contributed by atoms with Crippen molar-refractivity contribution in [2.45, 2.75) is 0 Å². The number of hydrogen-bond donors (Lipinski definition) is 0. The number of ether oxygens (including phenoxy) is 1. The van der Waals surface area contributed by atoms with Crippen LogP contribution in [0.3, 0.4) is 0 Å². The van der Waals surface area contributed by atoms with Crippen LogP contribution >= 0.6 is 11.6 Å². The van der Waals surface area contributed by atoms with Gasteiger partial charge in [-0.15, -0.1) is 0 Å². The van der Waals surface area contributed by atoms with Gasteiger partial charge in [-0.1, -0.05) is 41.9 Å². The molecule has 1 aliphatic rings. The summed E-state index contributed by atoms with van der Waals surface area (Å²) in [7, 11) is 1.49. The molecule has 1 aliphatic carbocycles. The minimum Gasteiger partial charge on any atom is -0.492 e. The number of rotatable bonds is 1. The van der Waals surface area contributed by atoms with E-state index in [4.69, 9.17) is 16.3 Å². The fourth-order valence-electron chi connectivity index (χ4n) is 2.22. The molecule has 0 radical (unpaired) electrons. The Kier molecular flexibility index (Phi) is 2.20. The van der Waals surface area contributed by atoms with Gasteiger partial charge in [-0.3, -0.25) is 4.79 Å². The Labute approximate surface area is 103 Å². The largest absolute Gasteiger partial charge is 0.492 e. The van der Waals surface area contributed by atoms with Crippen LogP contribution in [0.1, 0.15) is 0 Å². The normalized spacial score (nSPS) is 11.2. The lowest BCUT2D eigenvalue weighted by Gasteiger charge is -2.23. The van der Waals surface area contributed by atoms with Crippen LogP contribution in [0.2, 0.25) is 5.02 Å². The first kappa shape index (κ1) is 10.4. The molecule has 0 N–H and O–H groups in total. The first-order valence-electron chi connectivity index (χ1n) is 5.24. The zero-order valence-electron chi connectivity index (χ0n) is 9.16. The van der Waals surface area contributed by atoms with Crippen LogP contribution < -0.4 is 10.2 Å². The number of benzene rings is 1. The van der Waals surface area contributed by atoms with E-state index in [9.17, 15) is 4.79 Å². The summed E-state index contributed by atoms with van der Waals surface area (Å²) < 4.78 is 5.21. The van der Waals surface area contributed by atoms with Crippen LogP contribution in [-0.2, 0) is 0 Å². The predicted octanol–water partition coefficient (Wildman–Crippen LogP) is 3.36. The van der Waals surface area contributed by atoms with Crippen molar-refractivity contribution < 1.29 is 4.74 Å². The summed E-state index contributed by atoms with van der Waals surface area (Å²) in [4.78, 5) is 12.0. The Bertz CT molecular complexity index is 677. The van der Waals surface area contributed by atoms with Crippen molar-refractivity contribution in [1.29, 1.82) is 0 Å². The van der Waals surface area contributed by atoms with Crippen LogP contribution in [-0.4, -0.2) is 7.11 Å². The zero-order valence-corrected chi connectivity index (χ0v) is 9.91. The van der Waals surface area contributed by atoms with E-state index < -0.39 is 0 Å². The van der Waals surface area contributed by atoms with Crippen molar-refractivity contribution in [1.82, 2.24) is 0 Å². The third-order valence-corrected chi connectivity index (χ3v) is 3.30. The van der Waals surface area contributed by atoms with Crippen LogP contribution in [0.25, 0.3) is 22.3 Å². The smallest absolute Gasteiger partial charge is 0.239 e. The van der Waals surface area contributed by atoms with Gasteiger partial charge in [0.15, 0.2) is 5.75 Å². The lowest BCUT2D eigenvalue weighted by molar-refractivity contribution is 0.413. The monoisotopic (exact) mass is 244 g/mol. The van der Waals surface area contributed by atoms with Crippen LogP contribution in [0.5, 0.6) is 5.75 Å². The second-order valence-electron chi connectivity index (χ2n) is 3.88. The van der Waals surface area contributed by atoms with E-state index in [0.717, 1.165) is 22.3 Å². The quantitative estimate of drug-likeness (QED) is 0.656. The zero-order chi connectivity index (χ0) is 12.0. The van der Waals surface area contributed by atoms with E-state index in [1.807, 2.05) is 30.3 Å². The summed E-state index contributed by atoms with van der Waals surface area (Å²) in [5.41, 5.74) is 3.79. The predicted molar refractivity (Wildman–Crippen MR) is 68.7 cm³/mol. The SMILES string of the molecule is COc1c2c(ccc(Cl)c1=O)-c1ccccc1-2.